The molecule has 0 spiro atoms. The van der Waals surface area contributed by atoms with Crippen molar-refractivity contribution in [3.05, 3.63) is 102 Å². The van der Waals surface area contributed by atoms with E-state index >= 15 is 0 Å². The van der Waals surface area contributed by atoms with Crippen LogP contribution in [-0.2, 0) is 24.5 Å². The summed E-state index contributed by atoms with van der Waals surface area (Å²) < 4.78 is 24.6. The summed E-state index contributed by atoms with van der Waals surface area (Å²) in [6.07, 6.45) is -0.0861. The maximum absolute atomic E-state index is 6.07. The molecule has 0 saturated carbocycles. The van der Waals surface area contributed by atoms with Gasteiger partial charge in [-0.25, -0.2) is 0 Å². The average Bonchev–Trinajstić information content (AvgIpc) is 3.60. The Bertz CT molecular complexity index is 1440. The number of fused-ring (bicyclic) bond motifs is 1. The predicted octanol–water partition coefficient (Wildman–Crippen LogP) is 5.46. The number of methoxy groups -OCH3 is 1. The third-order valence-corrected chi connectivity index (χ3v) is 6.13. The van der Waals surface area contributed by atoms with E-state index in [1.54, 1.807) is 7.11 Å². The lowest BCUT2D eigenvalue weighted by atomic mass is 10.1. The second-order valence-electron chi connectivity index (χ2n) is 8.50. The van der Waals surface area contributed by atoms with Gasteiger partial charge in [-0.15, -0.1) is 0 Å². The molecule has 0 N–H and O–H groups in total. The zero-order valence-electron chi connectivity index (χ0n) is 19.7. The van der Waals surface area contributed by atoms with E-state index in [1.807, 2.05) is 89.6 Å². The first-order valence-electron chi connectivity index (χ1n) is 11.7. The highest BCUT2D eigenvalue weighted by Crippen LogP contribution is 2.30. The summed E-state index contributed by atoms with van der Waals surface area (Å²) in [6.45, 7) is 1.57. The highest BCUT2D eigenvalue weighted by molar-refractivity contribution is 5.59. The Balaban J connectivity index is 1.13. The zero-order valence-corrected chi connectivity index (χ0v) is 19.7. The molecule has 0 saturated heterocycles. The number of rotatable bonds is 7. The topological polar surface area (TPSA) is 84.4 Å². The molecular weight excluding hydrogens is 456 g/mol. The van der Waals surface area contributed by atoms with E-state index < -0.39 is 0 Å². The van der Waals surface area contributed by atoms with E-state index in [9.17, 15) is 0 Å². The maximum atomic E-state index is 6.07. The van der Waals surface area contributed by atoms with Crippen molar-refractivity contribution in [2.24, 2.45) is 0 Å². The van der Waals surface area contributed by atoms with E-state index in [1.165, 1.54) is 0 Å². The highest BCUT2D eigenvalue weighted by Gasteiger charge is 2.24. The molecule has 8 heteroatoms. The van der Waals surface area contributed by atoms with Gasteiger partial charge in [0, 0.05) is 5.56 Å². The van der Waals surface area contributed by atoms with Crippen molar-refractivity contribution < 1.29 is 18.7 Å². The van der Waals surface area contributed by atoms with Crippen molar-refractivity contribution in [3.63, 3.8) is 0 Å². The van der Waals surface area contributed by atoms with Gasteiger partial charge in [0.2, 0.25) is 5.82 Å². The minimum Gasteiger partial charge on any atom is -0.497 e. The number of hydrogen-bond acceptors (Lipinski definition) is 7. The van der Waals surface area contributed by atoms with Gasteiger partial charge in [-0.3, -0.25) is 4.68 Å². The van der Waals surface area contributed by atoms with Crippen molar-refractivity contribution in [2.45, 2.75) is 25.9 Å². The van der Waals surface area contributed by atoms with Crippen LogP contribution in [0.3, 0.4) is 0 Å². The van der Waals surface area contributed by atoms with Crippen LogP contribution in [0.4, 0.5) is 0 Å². The van der Waals surface area contributed by atoms with E-state index in [-0.39, 0.29) is 6.10 Å². The lowest BCUT2D eigenvalue weighted by molar-refractivity contribution is -0.00115. The van der Waals surface area contributed by atoms with Gasteiger partial charge in [-0.05, 0) is 53.6 Å². The quantitative estimate of drug-likeness (QED) is 0.306. The van der Waals surface area contributed by atoms with Gasteiger partial charge >= 0.3 is 0 Å². The largest absolute Gasteiger partial charge is 0.497 e. The van der Waals surface area contributed by atoms with Crippen molar-refractivity contribution in [1.82, 2.24) is 19.9 Å². The summed E-state index contributed by atoms with van der Waals surface area (Å²) in [5.74, 6) is 2.47. The number of aromatic nitrogens is 4. The molecule has 3 aromatic carbocycles. The fraction of sp³-hybridized carbons (Fsp3) is 0.179. The van der Waals surface area contributed by atoms with E-state index in [0.29, 0.717) is 37.2 Å². The molecule has 0 bridgehead atoms. The van der Waals surface area contributed by atoms with Crippen molar-refractivity contribution in [1.29, 1.82) is 0 Å². The highest BCUT2D eigenvalue weighted by atomic mass is 16.5. The second kappa shape index (κ2) is 9.67. The number of nitrogens with zero attached hydrogens (tertiary/aromatic N) is 4. The van der Waals surface area contributed by atoms with Crippen LogP contribution in [0.5, 0.6) is 11.5 Å². The molecule has 5 aromatic rings. The van der Waals surface area contributed by atoms with Crippen LogP contribution in [0.1, 0.15) is 22.9 Å². The van der Waals surface area contributed by atoms with Crippen LogP contribution in [0, 0.1) is 0 Å². The van der Waals surface area contributed by atoms with E-state index in [4.69, 9.17) is 23.8 Å². The fourth-order valence-electron chi connectivity index (χ4n) is 4.14. The molecule has 1 aliphatic rings. The van der Waals surface area contributed by atoms with Crippen LogP contribution < -0.4 is 9.47 Å². The summed E-state index contributed by atoms with van der Waals surface area (Å²) in [4.78, 5) is 4.56. The maximum Gasteiger partial charge on any atom is 0.278 e. The van der Waals surface area contributed by atoms with Crippen LogP contribution in [0.25, 0.3) is 23.0 Å². The van der Waals surface area contributed by atoms with Crippen LogP contribution >= 0.6 is 0 Å². The zero-order chi connectivity index (χ0) is 24.3. The Morgan fingerprint density at radius 3 is 2.50 bits per heavy atom. The van der Waals surface area contributed by atoms with Crippen LogP contribution in [0.15, 0.2) is 89.5 Å². The molecule has 3 heterocycles. The average molecular weight is 481 g/mol. The summed E-state index contributed by atoms with van der Waals surface area (Å²) in [5, 5.41) is 8.85. The Morgan fingerprint density at radius 2 is 1.72 bits per heavy atom. The number of benzene rings is 3. The van der Waals surface area contributed by atoms with Gasteiger partial charge in [0.1, 0.15) is 24.2 Å². The second-order valence-corrected chi connectivity index (χ2v) is 8.50. The normalized spacial score (nSPS) is 14.9. The molecule has 6 rings (SSSR count). The molecule has 180 valence electrons. The predicted molar refractivity (Wildman–Crippen MR) is 132 cm³/mol. The lowest BCUT2D eigenvalue weighted by Crippen LogP contribution is -2.21. The van der Waals surface area contributed by atoms with Gasteiger partial charge in [-0.1, -0.05) is 47.6 Å². The standard InChI is InChI=1S/C28H24N4O4/c1-33-23-11-7-20(8-12-23)26-16-32-22(18-35-26)15-25(30-32)28-29-27(31-36-28)21-9-13-24(14-10-21)34-17-19-5-3-2-4-6-19/h2-15,26H,16-18H2,1H3/t26-/m1/s1. The van der Waals surface area contributed by atoms with E-state index in [0.717, 1.165) is 33.9 Å². The molecule has 2 aromatic heterocycles. The first kappa shape index (κ1) is 22.1. The van der Waals surface area contributed by atoms with Gasteiger partial charge in [0.15, 0.2) is 5.69 Å². The molecule has 36 heavy (non-hydrogen) atoms. The summed E-state index contributed by atoms with van der Waals surface area (Å²) in [6, 6.07) is 27.5. The van der Waals surface area contributed by atoms with Gasteiger partial charge in [0.25, 0.3) is 5.89 Å². The third kappa shape index (κ3) is 4.58. The van der Waals surface area contributed by atoms with Gasteiger partial charge < -0.3 is 18.7 Å². The van der Waals surface area contributed by atoms with Crippen LogP contribution in [0.2, 0.25) is 0 Å². The molecule has 1 aliphatic heterocycles. The summed E-state index contributed by atoms with van der Waals surface area (Å²) in [7, 11) is 1.66. The number of hydrogen-bond donors (Lipinski definition) is 0. The van der Waals surface area contributed by atoms with Crippen molar-refractivity contribution >= 4 is 0 Å². The molecule has 0 aliphatic carbocycles. The molecule has 1 atom stereocenters. The Morgan fingerprint density at radius 1 is 0.944 bits per heavy atom. The summed E-state index contributed by atoms with van der Waals surface area (Å²) in [5.41, 5.74) is 4.63. The molecule has 0 radical (unpaired) electrons. The van der Waals surface area contributed by atoms with Crippen molar-refractivity contribution in [2.75, 3.05) is 7.11 Å². The first-order chi connectivity index (χ1) is 17.7. The Hall–Kier alpha value is -4.43. The Kier molecular flexibility index (Phi) is 5.93. The number of ether oxygens (including phenoxy) is 3. The van der Waals surface area contributed by atoms with E-state index in [2.05, 4.69) is 10.1 Å². The smallest absolute Gasteiger partial charge is 0.278 e. The molecule has 8 nitrogen and oxygen atoms in total. The molecule has 0 unspecified atom stereocenters. The minimum atomic E-state index is -0.0861. The van der Waals surface area contributed by atoms with Gasteiger partial charge in [0.05, 0.1) is 26.0 Å². The minimum absolute atomic E-state index is 0.0861. The van der Waals surface area contributed by atoms with Gasteiger partial charge in [-0.2, -0.15) is 10.1 Å². The van der Waals surface area contributed by atoms with Crippen molar-refractivity contribution in [3.8, 4) is 34.5 Å². The Labute approximate surface area is 208 Å². The monoisotopic (exact) mass is 480 g/mol. The third-order valence-electron chi connectivity index (χ3n) is 6.13. The summed E-state index contributed by atoms with van der Waals surface area (Å²) >= 11 is 0. The SMILES string of the molecule is COc1ccc([C@H]2Cn3nc(-c4nc(-c5ccc(OCc6ccccc6)cc5)no4)cc3CO2)cc1. The molecular formula is C28H24N4O4. The fourth-order valence-corrected chi connectivity index (χ4v) is 4.14. The van der Waals surface area contributed by atoms with Crippen LogP contribution in [-0.4, -0.2) is 27.0 Å². The lowest BCUT2D eigenvalue weighted by Gasteiger charge is -2.24. The molecule has 0 amide bonds. The first-order valence-corrected chi connectivity index (χ1v) is 11.7. The molecule has 0 fully saturated rings.